The summed E-state index contributed by atoms with van der Waals surface area (Å²) in [6.07, 6.45) is 0. The standard InChI is InChI=1S/C18H24N2O/c1-17(2,13-9-5-7-11-15(13)19)21-18(3,4)14-10-6-8-12-16(14)20/h5-12H,19-20H2,1-4H3. The highest BCUT2D eigenvalue weighted by molar-refractivity contribution is 5.51. The molecule has 0 saturated heterocycles. The van der Waals surface area contributed by atoms with Gasteiger partial charge >= 0.3 is 0 Å². The lowest BCUT2D eigenvalue weighted by Gasteiger charge is -2.38. The van der Waals surface area contributed by atoms with Crippen molar-refractivity contribution in [3.8, 4) is 0 Å². The van der Waals surface area contributed by atoms with Crippen molar-refractivity contribution in [3.05, 3.63) is 59.7 Å². The first-order chi connectivity index (χ1) is 9.74. The minimum Gasteiger partial charge on any atom is -0.398 e. The van der Waals surface area contributed by atoms with E-state index in [1.807, 2.05) is 76.2 Å². The lowest BCUT2D eigenvalue weighted by atomic mass is 9.91. The lowest BCUT2D eigenvalue weighted by molar-refractivity contribution is -0.131. The van der Waals surface area contributed by atoms with Crippen molar-refractivity contribution >= 4 is 11.4 Å². The van der Waals surface area contributed by atoms with Gasteiger partial charge in [-0.3, -0.25) is 0 Å². The van der Waals surface area contributed by atoms with Gasteiger partial charge in [-0.05, 0) is 39.8 Å². The number of hydrogen-bond donors (Lipinski definition) is 2. The van der Waals surface area contributed by atoms with Crippen LogP contribution in [0.4, 0.5) is 11.4 Å². The Morgan fingerprint density at radius 1 is 0.667 bits per heavy atom. The van der Waals surface area contributed by atoms with Crippen molar-refractivity contribution in [3.63, 3.8) is 0 Å². The quantitative estimate of drug-likeness (QED) is 0.833. The molecule has 4 N–H and O–H groups in total. The fraction of sp³-hybridized carbons (Fsp3) is 0.333. The molecular weight excluding hydrogens is 260 g/mol. The van der Waals surface area contributed by atoms with E-state index in [4.69, 9.17) is 16.2 Å². The molecule has 0 heterocycles. The molecule has 0 bridgehead atoms. The summed E-state index contributed by atoms with van der Waals surface area (Å²) >= 11 is 0. The third-order valence-corrected chi connectivity index (χ3v) is 3.73. The average Bonchev–Trinajstić information content (AvgIpc) is 2.38. The Labute approximate surface area is 126 Å². The first kappa shape index (κ1) is 15.4. The summed E-state index contributed by atoms with van der Waals surface area (Å²) in [5.74, 6) is 0. The van der Waals surface area contributed by atoms with Crippen LogP contribution in [0, 0.1) is 0 Å². The topological polar surface area (TPSA) is 61.3 Å². The van der Waals surface area contributed by atoms with E-state index in [0.29, 0.717) is 0 Å². The van der Waals surface area contributed by atoms with E-state index in [-0.39, 0.29) is 0 Å². The molecule has 0 aliphatic carbocycles. The molecule has 112 valence electrons. The number of hydrogen-bond acceptors (Lipinski definition) is 3. The predicted octanol–water partition coefficient (Wildman–Crippen LogP) is 4.04. The van der Waals surface area contributed by atoms with Crippen molar-refractivity contribution in [1.29, 1.82) is 0 Å². The average molecular weight is 284 g/mol. The van der Waals surface area contributed by atoms with Crippen LogP contribution in [0.1, 0.15) is 38.8 Å². The van der Waals surface area contributed by atoms with Crippen LogP contribution in [0.3, 0.4) is 0 Å². The van der Waals surface area contributed by atoms with Gasteiger partial charge in [-0.15, -0.1) is 0 Å². The number of ether oxygens (including phenoxy) is 1. The molecule has 0 aliphatic heterocycles. The van der Waals surface area contributed by atoms with E-state index in [9.17, 15) is 0 Å². The Balaban J connectivity index is 2.36. The van der Waals surface area contributed by atoms with E-state index >= 15 is 0 Å². The maximum atomic E-state index is 6.40. The second-order valence-electron chi connectivity index (χ2n) is 6.30. The van der Waals surface area contributed by atoms with E-state index in [0.717, 1.165) is 22.5 Å². The summed E-state index contributed by atoms with van der Waals surface area (Å²) in [7, 11) is 0. The lowest BCUT2D eigenvalue weighted by Crippen LogP contribution is -2.34. The molecule has 0 saturated carbocycles. The van der Waals surface area contributed by atoms with Crippen LogP contribution in [-0.2, 0) is 15.9 Å². The number of benzene rings is 2. The summed E-state index contributed by atoms with van der Waals surface area (Å²) in [5, 5.41) is 0. The Morgan fingerprint density at radius 2 is 1.00 bits per heavy atom. The first-order valence-electron chi connectivity index (χ1n) is 7.14. The number of para-hydroxylation sites is 2. The van der Waals surface area contributed by atoms with Crippen molar-refractivity contribution in [2.45, 2.75) is 38.9 Å². The fourth-order valence-electron chi connectivity index (χ4n) is 2.84. The minimum atomic E-state index is -0.517. The molecule has 0 atom stereocenters. The van der Waals surface area contributed by atoms with Gasteiger partial charge in [0.25, 0.3) is 0 Å². The molecule has 0 amide bonds. The minimum absolute atomic E-state index is 0.517. The third kappa shape index (κ3) is 3.19. The zero-order chi connectivity index (χ0) is 15.7. The van der Waals surface area contributed by atoms with Crippen LogP contribution in [0.25, 0.3) is 0 Å². The highest BCUT2D eigenvalue weighted by Gasteiger charge is 2.34. The Kier molecular flexibility index (Phi) is 3.97. The van der Waals surface area contributed by atoms with Crippen LogP contribution in [-0.4, -0.2) is 0 Å². The molecular formula is C18H24N2O. The fourth-order valence-corrected chi connectivity index (χ4v) is 2.84. The van der Waals surface area contributed by atoms with Crippen LogP contribution in [0.2, 0.25) is 0 Å². The maximum Gasteiger partial charge on any atom is 0.0906 e. The predicted molar refractivity (Wildman–Crippen MR) is 88.8 cm³/mol. The zero-order valence-corrected chi connectivity index (χ0v) is 13.2. The Morgan fingerprint density at radius 3 is 1.33 bits per heavy atom. The number of nitrogen functional groups attached to an aromatic ring is 2. The largest absolute Gasteiger partial charge is 0.398 e. The molecule has 0 aromatic heterocycles. The van der Waals surface area contributed by atoms with E-state index in [1.165, 1.54) is 0 Å². The van der Waals surface area contributed by atoms with Gasteiger partial charge in [-0.2, -0.15) is 0 Å². The molecule has 3 nitrogen and oxygen atoms in total. The van der Waals surface area contributed by atoms with Crippen molar-refractivity contribution in [1.82, 2.24) is 0 Å². The van der Waals surface area contributed by atoms with E-state index in [2.05, 4.69) is 0 Å². The van der Waals surface area contributed by atoms with Gasteiger partial charge in [0.1, 0.15) is 0 Å². The van der Waals surface area contributed by atoms with Crippen LogP contribution in [0.5, 0.6) is 0 Å². The summed E-state index contributed by atoms with van der Waals surface area (Å²) < 4.78 is 6.40. The van der Waals surface area contributed by atoms with Crippen LogP contribution < -0.4 is 11.5 Å². The van der Waals surface area contributed by atoms with E-state index < -0.39 is 11.2 Å². The van der Waals surface area contributed by atoms with Gasteiger partial charge in [0.2, 0.25) is 0 Å². The van der Waals surface area contributed by atoms with Crippen LogP contribution in [0.15, 0.2) is 48.5 Å². The normalized spacial score (nSPS) is 12.4. The molecule has 2 rings (SSSR count). The van der Waals surface area contributed by atoms with Gasteiger partial charge in [-0.1, -0.05) is 36.4 Å². The summed E-state index contributed by atoms with van der Waals surface area (Å²) in [6.45, 7) is 8.11. The smallest absolute Gasteiger partial charge is 0.0906 e. The van der Waals surface area contributed by atoms with Crippen molar-refractivity contribution in [2.24, 2.45) is 0 Å². The molecule has 0 radical (unpaired) electrons. The molecule has 0 fully saturated rings. The number of rotatable bonds is 4. The zero-order valence-electron chi connectivity index (χ0n) is 13.2. The van der Waals surface area contributed by atoms with Crippen LogP contribution >= 0.6 is 0 Å². The Bertz CT molecular complexity index is 577. The molecule has 21 heavy (non-hydrogen) atoms. The maximum absolute atomic E-state index is 6.40. The van der Waals surface area contributed by atoms with Crippen molar-refractivity contribution in [2.75, 3.05) is 11.5 Å². The molecule has 2 aromatic rings. The molecule has 2 aromatic carbocycles. The Hall–Kier alpha value is -2.00. The second-order valence-corrected chi connectivity index (χ2v) is 6.30. The van der Waals surface area contributed by atoms with Crippen molar-refractivity contribution < 1.29 is 4.74 Å². The van der Waals surface area contributed by atoms with Gasteiger partial charge < -0.3 is 16.2 Å². The second kappa shape index (κ2) is 5.41. The van der Waals surface area contributed by atoms with Gasteiger partial charge in [0.15, 0.2) is 0 Å². The molecule has 0 unspecified atom stereocenters. The van der Waals surface area contributed by atoms with Gasteiger partial charge in [-0.25, -0.2) is 0 Å². The van der Waals surface area contributed by atoms with E-state index in [1.54, 1.807) is 0 Å². The molecule has 0 aliphatic rings. The summed E-state index contributed by atoms with van der Waals surface area (Å²) in [5.41, 5.74) is 14.6. The highest BCUT2D eigenvalue weighted by atomic mass is 16.5. The third-order valence-electron chi connectivity index (χ3n) is 3.73. The van der Waals surface area contributed by atoms with Gasteiger partial charge in [0, 0.05) is 22.5 Å². The summed E-state index contributed by atoms with van der Waals surface area (Å²) in [4.78, 5) is 0. The summed E-state index contributed by atoms with van der Waals surface area (Å²) in [6, 6.07) is 15.6. The molecule has 0 spiro atoms. The SMILES string of the molecule is CC(C)(OC(C)(C)c1ccccc1N)c1ccccc1N. The number of nitrogens with two attached hydrogens (primary N) is 2. The highest BCUT2D eigenvalue weighted by Crippen LogP contribution is 2.39. The number of anilines is 2. The first-order valence-corrected chi connectivity index (χ1v) is 7.14. The van der Waals surface area contributed by atoms with Gasteiger partial charge in [0.05, 0.1) is 11.2 Å². The molecule has 3 heteroatoms. The monoisotopic (exact) mass is 284 g/mol.